The van der Waals surface area contributed by atoms with Gasteiger partial charge in [0.15, 0.2) is 0 Å². The van der Waals surface area contributed by atoms with E-state index in [0.717, 1.165) is 11.1 Å². The SMILES string of the molecule is CC1(C)CCCCC1.COC(=O)CCc1cc(N)c(N)cc1C. The molecular weight excluding hydrogens is 288 g/mol. The van der Waals surface area contributed by atoms with E-state index in [-0.39, 0.29) is 5.97 Å². The molecule has 0 aliphatic heterocycles. The van der Waals surface area contributed by atoms with Crippen molar-refractivity contribution in [2.45, 2.75) is 65.7 Å². The van der Waals surface area contributed by atoms with Crippen LogP contribution in [0.25, 0.3) is 0 Å². The Kier molecular flexibility index (Phi) is 7.40. The molecule has 0 amide bonds. The van der Waals surface area contributed by atoms with Crippen molar-refractivity contribution in [3.05, 3.63) is 23.3 Å². The molecule has 0 saturated heterocycles. The molecule has 23 heavy (non-hydrogen) atoms. The highest BCUT2D eigenvalue weighted by Gasteiger charge is 2.19. The number of methoxy groups -OCH3 is 1. The molecule has 1 aromatic rings. The Balaban J connectivity index is 0.000000277. The van der Waals surface area contributed by atoms with E-state index in [0.29, 0.717) is 29.6 Å². The molecule has 1 saturated carbocycles. The van der Waals surface area contributed by atoms with E-state index in [1.807, 2.05) is 19.1 Å². The second-order valence-corrected chi connectivity index (χ2v) is 7.21. The van der Waals surface area contributed by atoms with Crippen LogP contribution in [0.5, 0.6) is 0 Å². The molecule has 4 heteroatoms. The fraction of sp³-hybridized carbons (Fsp3) is 0.632. The standard InChI is InChI=1S/C11H16N2O2.C8H16/c1-7-5-9(12)10(13)6-8(7)3-4-11(14)15-2;1-8(2)6-4-3-5-7-8/h5-6H,3-4,12-13H2,1-2H3;3-7H2,1-2H3. The lowest BCUT2D eigenvalue weighted by atomic mass is 9.78. The van der Waals surface area contributed by atoms with Crippen molar-refractivity contribution in [3.63, 3.8) is 0 Å². The van der Waals surface area contributed by atoms with Gasteiger partial charge in [0.2, 0.25) is 0 Å². The molecule has 0 radical (unpaired) electrons. The number of aryl methyl sites for hydroxylation is 2. The molecule has 0 spiro atoms. The maximum atomic E-state index is 11.0. The van der Waals surface area contributed by atoms with Crippen LogP contribution in [0.15, 0.2) is 12.1 Å². The highest BCUT2D eigenvalue weighted by Crippen LogP contribution is 2.34. The minimum atomic E-state index is -0.218. The van der Waals surface area contributed by atoms with Gasteiger partial charge in [0.05, 0.1) is 18.5 Å². The maximum absolute atomic E-state index is 11.0. The minimum Gasteiger partial charge on any atom is -0.469 e. The molecule has 0 atom stereocenters. The number of hydrogen-bond acceptors (Lipinski definition) is 4. The van der Waals surface area contributed by atoms with Crippen molar-refractivity contribution in [1.82, 2.24) is 0 Å². The number of rotatable bonds is 3. The first-order valence-electron chi connectivity index (χ1n) is 8.46. The lowest BCUT2D eigenvalue weighted by Gasteiger charge is -2.28. The van der Waals surface area contributed by atoms with E-state index >= 15 is 0 Å². The van der Waals surface area contributed by atoms with Crippen LogP contribution in [0.4, 0.5) is 11.4 Å². The Labute approximate surface area is 140 Å². The van der Waals surface area contributed by atoms with E-state index in [1.54, 1.807) is 0 Å². The summed E-state index contributed by atoms with van der Waals surface area (Å²) in [4.78, 5) is 11.0. The first-order valence-corrected chi connectivity index (χ1v) is 8.46. The first-order chi connectivity index (χ1) is 10.7. The van der Waals surface area contributed by atoms with Crippen molar-refractivity contribution in [2.24, 2.45) is 5.41 Å². The van der Waals surface area contributed by atoms with Crippen LogP contribution in [0, 0.1) is 12.3 Å². The number of carbonyl (C=O) groups excluding carboxylic acids is 1. The Hall–Kier alpha value is -1.71. The van der Waals surface area contributed by atoms with Crippen molar-refractivity contribution >= 4 is 17.3 Å². The average Bonchev–Trinajstić information content (AvgIpc) is 2.49. The molecule has 1 aromatic carbocycles. The third-order valence-electron chi connectivity index (χ3n) is 4.57. The summed E-state index contributed by atoms with van der Waals surface area (Å²) < 4.78 is 4.57. The van der Waals surface area contributed by atoms with Gasteiger partial charge in [0, 0.05) is 6.42 Å². The summed E-state index contributed by atoms with van der Waals surface area (Å²) in [6.07, 6.45) is 8.30. The highest BCUT2D eigenvalue weighted by atomic mass is 16.5. The van der Waals surface area contributed by atoms with Crippen LogP contribution in [-0.2, 0) is 16.0 Å². The van der Waals surface area contributed by atoms with Crippen LogP contribution in [0.2, 0.25) is 0 Å². The second-order valence-electron chi connectivity index (χ2n) is 7.21. The van der Waals surface area contributed by atoms with Gasteiger partial charge in [0.1, 0.15) is 0 Å². The normalized spacial score (nSPS) is 16.2. The minimum absolute atomic E-state index is 0.218. The van der Waals surface area contributed by atoms with Crippen LogP contribution in [0.3, 0.4) is 0 Å². The zero-order valence-corrected chi connectivity index (χ0v) is 15.1. The van der Waals surface area contributed by atoms with Gasteiger partial charge in [-0.05, 0) is 54.9 Å². The molecule has 2 rings (SSSR count). The number of nitrogens with two attached hydrogens (primary N) is 2. The van der Waals surface area contributed by atoms with E-state index < -0.39 is 0 Å². The molecule has 1 aliphatic carbocycles. The average molecular weight is 320 g/mol. The molecule has 130 valence electrons. The van der Waals surface area contributed by atoms with Crippen molar-refractivity contribution in [2.75, 3.05) is 18.6 Å². The highest BCUT2D eigenvalue weighted by molar-refractivity contribution is 5.70. The molecule has 1 aliphatic rings. The second kappa shape index (κ2) is 8.80. The van der Waals surface area contributed by atoms with Gasteiger partial charge < -0.3 is 16.2 Å². The molecule has 4 nitrogen and oxygen atoms in total. The number of hydrogen-bond donors (Lipinski definition) is 2. The summed E-state index contributed by atoms with van der Waals surface area (Å²) in [6.45, 7) is 6.71. The predicted molar refractivity (Wildman–Crippen MR) is 97.2 cm³/mol. The van der Waals surface area contributed by atoms with Gasteiger partial charge >= 0.3 is 5.97 Å². The summed E-state index contributed by atoms with van der Waals surface area (Å²) >= 11 is 0. The Morgan fingerprint density at radius 2 is 1.70 bits per heavy atom. The molecule has 1 fully saturated rings. The van der Waals surface area contributed by atoms with Gasteiger partial charge in [-0.1, -0.05) is 33.1 Å². The van der Waals surface area contributed by atoms with E-state index in [4.69, 9.17) is 11.5 Å². The quantitative estimate of drug-likeness (QED) is 0.645. The van der Waals surface area contributed by atoms with E-state index in [9.17, 15) is 4.79 Å². The Morgan fingerprint density at radius 1 is 1.13 bits per heavy atom. The van der Waals surface area contributed by atoms with Crippen LogP contribution >= 0.6 is 0 Å². The zero-order chi connectivity index (χ0) is 17.5. The number of nitrogen functional groups attached to an aromatic ring is 2. The molecular formula is C19H32N2O2. The van der Waals surface area contributed by atoms with Crippen LogP contribution in [-0.4, -0.2) is 13.1 Å². The molecule has 4 N–H and O–H groups in total. The number of esters is 1. The van der Waals surface area contributed by atoms with Crippen molar-refractivity contribution < 1.29 is 9.53 Å². The zero-order valence-electron chi connectivity index (χ0n) is 15.1. The smallest absolute Gasteiger partial charge is 0.305 e. The summed E-state index contributed by atoms with van der Waals surface area (Å²) in [5.41, 5.74) is 15.2. The van der Waals surface area contributed by atoms with E-state index in [1.165, 1.54) is 39.2 Å². The van der Waals surface area contributed by atoms with Crippen LogP contribution in [0.1, 0.15) is 63.5 Å². The third kappa shape index (κ3) is 6.93. The Morgan fingerprint density at radius 3 is 2.17 bits per heavy atom. The lowest BCUT2D eigenvalue weighted by molar-refractivity contribution is -0.140. The number of carbonyl (C=O) groups is 1. The lowest BCUT2D eigenvalue weighted by Crippen LogP contribution is -2.14. The van der Waals surface area contributed by atoms with E-state index in [2.05, 4.69) is 18.6 Å². The monoisotopic (exact) mass is 320 g/mol. The predicted octanol–water partition coefficient (Wildman–Crippen LogP) is 4.24. The molecule has 0 unspecified atom stereocenters. The van der Waals surface area contributed by atoms with Crippen molar-refractivity contribution in [3.8, 4) is 0 Å². The Bertz CT molecular complexity index is 516. The molecule has 0 aromatic heterocycles. The van der Waals surface area contributed by atoms with Gasteiger partial charge in [-0.25, -0.2) is 0 Å². The summed E-state index contributed by atoms with van der Waals surface area (Å²) in [6, 6.07) is 3.63. The topological polar surface area (TPSA) is 78.3 Å². The number of benzene rings is 1. The van der Waals surface area contributed by atoms with Crippen molar-refractivity contribution in [1.29, 1.82) is 0 Å². The summed E-state index contributed by atoms with van der Waals surface area (Å²) in [5.74, 6) is -0.218. The molecule has 0 bridgehead atoms. The van der Waals surface area contributed by atoms with Gasteiger partial charge in [0.25, 0.3) is 0 Å². The summed E-state index contributed by atoms with van der Waals surface area (Å²) in [5, 5.41) is 0. The number of anilines is 2. The van der Waals surface area contributed by atoms with Gasteiger partial charge in [-0.3, -0.25) is 4.79 Å². The fourth-order valence-corrected chi connectivity index (χ4v) is 2.91. The fourth-order valence-electron chi connectivity index (χ4n) is 2.91. The van der Waals surface area contributed by atoms with Gasteiger partial charge in [-0.2, -0.15) is 0 Å². The summed E-state index contributed by atoms with van der Waals surface area (Å²) in [7, 11) is 1.38. The van der Waals surface area contributed by atoms with Crippen LogP contribution < -0.4 is 11.5 Å². The third-order valence-corrected chi connectivity index (χ3v) is 4.57. The number of ether oxygens (including phenoxy) is 1. The largest absolute Gasteiger partial charge is 0.469 e. The molecule has 0 heterocycles. The maximum Gasteiger partial charge on any atom is 0.305 e. The van der Waals surface area contributed by atoms with Gasteiger partial charge in [-0.15, -0.1) is 0 Å². The first kappa shape index (κ1) is 19.3.